The van der Waals surface area contributed by atoms with Crippen LogP contribution in [0.1, 0.15) is 17.3 Å². The molecule has 2 aromatic rings. The first kappa shape index (κ1) is 15.1. The van der Waals surface area contributed by atoms with Crippen molar-refractivity contribution in [1.29, 1.82) is 0 Å². The molecule has 0 saturated carbocycles. The summed E-state index contributed by atoms with van der Waals surface area (Å²) in [4.78, 5) is 11.8. The van der Waals surface area contributed by atoms with Gasteiger partial charge in [0.1, 0.15) is 17.2 Å². The Morgan fingerprint density at radius 3 is 2.86 bits per heavy atom. The van der Waals surface area contributed by atoms with Crippen LogP contribution < -0.4 is 11.1 Å². The van der Waals surface area contributed by atoms with Gasteiger partial charge in [0.25, 0.3) is 0 Å². The SMILES string of the molecule is CCNc1nn(-c2ccc(Cl)c(F)c2)c(N)c1C(=O)OC. The second-order valence-electron chi connectivity index (χ2n) is 4.14. The fourth-order valence-corrected chi connectivity index (χ4v) is 1.96. The van der Waals surface area contributed by atoms with Crippen molar-refractivity contribution < 1.29 is 13.9 Å². The van der Waals surface area contributed by atoms with Gasteiger partial charge < -0.3 is 15.8 Å². The number of nitrogens with zero attached hydrogens (tertiary/aromatic N) is 2. The number of rotatable bonds is 4. The van der Waals surface area contributed by atoms with Crippen LogP contribution in [-0.4, -0.2) is 29.4 Å². The number of methoxy groups -OCH3 is 1. The van der Waals surface area contributed by atoms with Gasteiger partial charge in [-0.05, 0) is 19.1 Å². The quantitative estimate of drug-likeness (QED) is 0.847. The maximum Gasteiger partial charge on any atom is 0.345 e. The van der Waals surface area contributed by atoms with Crippen molar-refractivity contribution >= 4 is 29.2 Å². The number of esters is 1. The Labute approximate surface area is 125 Å². The second kappa shape index (κ2) is 6.01. The Morgan fingerprint density at radius 1 is 1.57 bits per heavy atom. The summed E-state index contributed by atoms with van der Waals surface area (Å²) in [7, 11) is 1.25. The van der Waals surface area contributed by atoms with Crippen molar-refractivity contribution in [2.45, 2.75) is 6.92 Å². The van der Waals surface area contributed by atoms with Gasteiger partial charge in [0.05, 0.1) is 17.8 Å². The number of aromatic nitrogens is 2. The minimum atomic E-state index is -0.621. The molecule has 21 heavy (non-hydrogen) atoms. The zero-order valence-electron chi connectivity index (χ0n) is 11.5. The molecule has 1 aromatic heterocycles. The van der Waals surface area contributed by atoms with E-state index in [1.807, 2.05) is 6.92 Å². The van der Waals surface area contributed by atoms with Gasteiger partial charge in [-0.25, -0.2) is 13.9 Å². The Hall–Kier alpha value is -2.28. The van der Waals surface area contributed by atoms with Crippen molar-refractivity contribution in [2.24, 2.45) is 0 Å². The Morgan fingerprint density at radius 2 is 2.29 bits per heavy atom. The van der Waals surface area contributed by atoms with Crippen LogP contribution in [0.4, 0.5) is 16.0 Å². The highest BCUT2D eigenvalue weighted by atomic mass is 35.5. The first-order valence-electron chi connectivity index (χ1n) is 6.15. The van der Waals surface area contributed by atoms with E-state index >= 15 is 0 Å². The van der Waals surface area contributed by atoms with Crippen molar-refractivity contribution in [1.82, 2.24) is 9.78 Å². The minimum Gasteiger partial charge on any atom is -0.465 e. The molecule has 0 unspecified atom stereocenters. The highest BCUT2D eigenvalue weighted by molar-refractivity contribution is 6.30. The lowest BCUT2D eigenvalue weighted by molar-refractivity contribution is 0.0603. The number of hydrogen-bond donors (Lipinski definition) is 2. The lowest BCUT2D eigenvalue weighted by atomic mass is 10.3. The van der Waals surface area contributed by atoms with Gasteiger partial charge in [0.2, 0.25) is 0 Å². The summed E-state index contributed by atoms with van der Waals surface area (Å²) in [6.45, 7) is 2.38. The highest BCUT2D eigenvalue weighted by Crippen LogP contribution is 2.27. The van der Waals surface area contributed by atoms with Gasteiger partial charge in [0, 0.05) is 12.6 Å². The molecule has 0 fully saturated rings. The number of nitrogen functional groups attached to an aromatic ring is 1. The van der Waals surface area contributed by atoms with E-state index in [9.17, 15) is 9.18 Å². The van der Waals surface area contributed by atoms with Gasteiger partial charge in [-0.2, -0.15) is 0 Å². The number of halogens is 2. The third kappa shape index (κ3) is 2.78. The molecular formula is C13H14ClFN4O2. The molecule has 2 rings (SSSR count). The number of carbonyl (C=O) groups excluding carboxylic acids is 1. The molecule has 1 aromatic carbocycles. The molecule has 0 radical (unpaired) electrons. The highest BCUT2D eigenvalue weighted by Gasteiger charge is 2.23. The van der Waals surface area contributed by atoms with Crippen LogP contribution in [0.25, 0.3) is 5.69 Å². The number of nitrogens with two attached hydrogens (primary N) is 1. The average Bonchev–Trinajstić information content (AvgIpc) is 2.78. The molecule has 1 heterocycles. The average molecular weight is 313 g/mol. The predicted molar refractivity (Wildman–Crippen MR) is 78.4 cm³/mol. The van der Waals surface area contributed by atoms with Crippen LogP contribution in [0, 0.1) is 5.82 Å². The van der Waals surface area contributed by atoms with Crippen LogP contribution in [0.3, 0.4) is 0 Å². The smallest absolute Gasteiger partial charge is 0.345 e. The lowest BCUT2D eigenvalue weighted by Gasteiger charge is -2.05. The molecule has 0 aliphatic heterocycles. The van der Waals surface area contributed by atoms with E-state index in [0.717, 1.165) is 0 Å². The van der Waals surface area contributed by atoms with Crippen molar-refractivity contribution in [3.63, 3.8) is 0 Å². The molecule has 0 saturated heterocycles. The van der Waals surface area contributed by atoms with E-state index in [0.29, 0.717) is 12.2 Å². The first-order valence-corrected chi connectivity index (χ1v) is 6.53. The topological polar surface area (TPSA) is 82.2 Å². The largest absolute Gasteiger partial charge is 0.465 e. The van der Waals surface area contributed by atoms with E-state index in [2.05, 4.69) is 15.2 Å². The summed E-state index contributed by atoms with van der Waals surface area (Å²) in [6, 6.07) is 4.12. The molecule has 0 aliphatic rings. The third-order valence-corrected chi connectivity index (χ3v) is 3.11. The van der Waals surface area contributed by atoms with Crippen LogP contribution >= 0.6 is 11.6 Å². The van der Waals surface area contributed by atoms with Crippen molar-refractivity contribution in [2.75, 3.05) is 24.7 Å². The van der Waals surface area contributed by atoms with Gasteiger partial charge >= 0.3 is 5.97 Å². The van der Waals surface area contributed by atoms with E-state index < -0.39 is 11.8 Å². The summed E-state index contributed by atoms with van der Waals surface area (Å²) >= 11 is 5.64. The molecular weight excluding hydrogens is 299 g/mol. The third-order valence-electron chi connectivity index (χ3n) is 2.80. The standard InChI is InChI=1S/C13H14ClFN4O2/c1-3-17-12-10(13(20)21-2)11(16)19(18-12)7-4-5-8(14)9(15)6-7/h4-6H,3,16H2,1-2H3,(H,17,18). The fourth-order valence-electron chi connectivity index (χ4n) is 1.84. The van der Waals surface area contributed by atoms with Crippen LogP contribution in [0.15, 0.2) is 18.2 Å². The van der Waals surface area contributed by atoms with E-state index in [1.165, 1.54) is 23.9 Å². The van der Waals surface area contributed by atoms with Crippen LogP contribution in [0.5, 0.6) is 0 Å². The van der Waals surface area contributed by atoms with Crippen molar-refractivity contribution in [3.8, 4) is 5.69 Å². The summed E-state index contributed by atoms with van der Waals surface area (Å²) in [5, 5.41) is 7.09. The number of anilines is 2. The summed E-state index contributed by atoms with van der Waals surface area (Å²) in [5.41, 5.74) is 6.39. The molecule has 0 atom stereocenters. The number of nitrogens with one attached hydrogen (secondary N) is 1. The maximum absolute atomic E-state index is 13.6. The van der Waals surface area contributed by atoms with Gasteiger partial charge in [-0.3, -0.25) is 0 Å². The molecule has 0 spiro atoms. The van der Waals surface area contributed by atoms with Gasteiger partial charge in [0.15, 0.2) is 5.82 Å². The lowest BCUT2D eigenvalue weighted by Crippen LogP contribution is -2.09. The van der Waals surface area contributed by atoms with Gasteiger partial charge in [-0.1, -0.05) is 11.6 Å². The number of carbonyl (C=O) groups is 1. The predicted octanol–water partition coefficient (Wildman–Crippen LogP) is 2.47. The van der Waals surface area contributed by atoms with Crippen LogP contribution in [0.2, 0.25) is 5.02 Å². The summed E-state index contributed by atoms with van der Waals surface area (Å²) in [5.74, 6) is -0.894. The summed E-state index contributed by atoms with van der Waals surface area (Å²) < 4.78 is 19.5. The zero-order valence-corrected chi connectivity index (χ0v) is 12.2. The van der Waals surface area contributed by atoms with E-state index in [-0.39, 0.29) is 22.2 Å². The van der Waals surface area contributed by atoms with Crippen molar-refractivity contribution in [3.05, 3.63) is 34.6 Å². The monoisotopic (exact) mass is 312 g/mol. The van der Waals surface area contributed by atoms with E-state index in [1.54, 1.807) is 6.07 Å². The molecule has 0 bridgehead atoms. The van der Waals surface area contributed by atoms with Gasteiger partial charge in [-0.15, -0.1) is 5.10 Å². The molecule has 3 N–H and O–H groups in total. The Balaban J connectivity index is 2.58. The minimum absolute atomic E-state index is 0.00965. The molecule has 0 amide bonds. The van der Waals surface area contributed by atoms with E-state index in [4.69, 9.17) is 17.3 Å². The fraction of sp³-hybridized carbons (Fsp3) is 0.231. The second-order valence-corrected chi connectivity index (χ2v) is 4.55. The molecule has 0 aliphatic carbocycles. The summed E-state index contributed by atoms with van der Waals surface area (Å²) in [6.07, 6.45) is 0. The maximum atomic E-state index is 13.6. The normalized spacial score (nSPS) is 10.5. The molecule has 8 heteroatoms. The molecule has 6 nitrogen and oxygen atoms in total. The molecule has 112 valence electrons. The zero-order chi connectivity index (χ0) is 15.6. The first-order chi connectivity index (χ1) is 9.99. The number of hydrogen-bond acceptors (Lipinski definition) is 5. The van der Waals surface area contributed by atoms with Crippen LogP contribution in [-0.2, 0) is 4.74 Å². The Bertz CT molecular complexity index is 687. The number of ether oxygens (including phenoxy) is 1. The Kier molecular flexibility index (Phi) is 4.32. The number of benzene rings is 1.